The van der Waals surface area contributed by atoms with Crippen molar-refractivity contribution in [2.45, 2.75) is 24.4 Å². The van der Waals surface area contributed by atoms with Crippen LogP contribution in [0.25, 0.3) is 5.69 Å². The molecule has 0 saturated carbocycles. The smallest absolute Gasteiger partial charge is 0.322 e. The van der Waals surface area contributed by atoms with Gasteiger partial charge in [0, 0.05) is 22.5 Å². The van der Waals surface area contributed by atoms with Crippen LogP contribution in [0.15, 0.2) is 96.0 Å². The molecule has 2 heterocycles. The Morgan fingerprint density at radius 2 is 1.85 bits per heavy atom. The van der Waals surface area contributed by atoms with E-state index in [4.69, 9.17) is 4.74 Å². The molecule has 1 aromatic heterocycles. The Balaban J connectivity index is 1.58. The highest BCUT2D eigenvalue weighted by Gasteiger charge is 2.33. The number of benzene rings is 3. The average molecular weight is 470 g/mol. The van der Waals surface area contributed by atoms with Crippen LogP contribution in [0.4, 0.5) is 10.5 Å². The topological polar surface area (TPSA) is 46.5 Å². The van der Waals surface area contributed by atoms with Gasteiger partial charge in [0.1, 0.15) is 5.75 Å². The van der Waals surface area contributed by atoms with E-state index in [9.17, 15) is 4.79 Å². The molecule has 6 heteroatoms. The second-order valence-corrected chi connectivity index (χ2v) is 9.01. The predicted octanol–water partition coefficient (Wildman–Crippen LogP) is 6.74. The molecule has 0 bridgehead atoms. The number of carbonyl (C=O) groups excluding carboxylic acids is 1. The van der Waals surface area contributed by atoms with E-state index in [1.54, 1.807) is 11.8 Å². The second-order valence-electron chi connectivity index (χ2n) is 8.13. The number of para-hydroxylation sites is 1. The number of hydrogen-bond acceptors (Lipinski definition) is 3. The first-order chi connectivity index (χ1) is 16.7. The predicted molar refractivity (Wildman–Crippen MR) is 138 cm³/mol. The van der Waals surface area contributed by atoms with E-state index in [2.05, 4.69) is 46.4 Å². The van der Waals surface area contributed by atoms with Gasteiger partial charge < -0.3 is 19.5 Å². The van der Waals surface area contributed by atoms with Crippen molar-refractivity contribution in [1.82, 2.24) is 9.47 Å². The number of nitrogens with zero attached hydrogens (tertiary/aromatic N) is 2. The lowest BCUT2D eigenvalue weighted by atomic mass is 10.0. The lowest BCUT2D eigenvalue weighted by Crippen LogP contribution is -2.37. The Morgan fingerprint density at radius 3 is 2.65 bits per heavy atom. The summed E-state index contributed by atoms with van der Waals surface area (Å²) in [6.07, 6.45) is 4.10. The van der Waals surface area contributed by atoms with Crippen LogP contribution in [-0.2, 0) is 6.54 Å². The number of anilines is 1. The molecule has 172 valence electrons. The summed E-state index contributed by atoms with van der Waals surface area (Å²) in [6.45, 7) is 3.08. The minimum Gasteiger partial charge on any atom is -0.494 e. The van der Waals surface area contributed by atoms with Crippen LogP contribution >= 0.6 is 11.8 Å². The quantitative estimate of drug-likeness (QED) is 0.330. The molecule has 0 radical (unpaired) electrons. The number of ether oxygens (including phenoxy) is 1. The summed E-state index contributed by atoms with van der Waals surface area (Å²) in [5.41, 5.74) is 5.06. The summed E-state index contributed by atoms with van der Waals surface area (Å²) < 4.78 is 7.85. The lowest BCUT2D eigenvalue weighted by Gasteiger charge is -2.31. The van der Waals surface area contributed by atoms with Crippen LogP contribution < -0.4 is 10.1 Å². The SMILES string of the molecule is CCOc1ccc([C@H]2c3cccn3-c3ccccc3CN2C(=O)Nc2cccc(SC)c2)cc1. The van der Waals surface area contributed by atoms with Gasteiger partial charge in [0.15, 0.2) is 0 Å². The Labute approximate surface area is 204 Å². The van der Waals surface area contributed by atoms with Gasteiger partial charge in [0.05, 0.1) is 24.9 Å². The third kappa shape index (κ3) is 4.29. The van der Waals surface area contributed by atoms with Crippen LogP contribution in [0, 0.1) is 0 Å². The van der Waals surface area contributed by atoms with E-state index in [1.807, 2.05) is 72.7 Å². The Bertz CT molecular complexity index is 1300. The third-order valence-corrected chi connectivity index (χ3v) is 6.78. The number of amides is 2. The number of thioether (sulfide) groups is 1. The van der Waals surface area contributed by atoms with Gasteiger partial charge in [-0.3, -0.25) is 0 Å². The number of carbonyl (C=O) groups is 1. The van der Waals surface area contributed by atoms with Gasteiger partial charge in [0.25, 0.3) is 0 Å². The van der Waals surface area contributed by atoms with Gasteiger partial charge in [-0.15, -0.1) is 11.8 Å². The van der Waals surface area contributed by atoms with Crippen molar-refractivity contribution < 1.29 is 9.53 Å². The van der Waals surface area contributed by atoms with Crippen LogP contribution in [0.1, 0.15) is 29.8 Å². The molecule has 1 aliphatic heterocycles. The highest BCUT2D eigenvalue weighted by atomic mass is 32.2. The summed E-state index contributed by atoms with van der Waals surface area (Å²) in [5, 5.41) is 3.14. The van der Waals surface area contributed by atoms with E-state index in [-0.39, 0.29) is 12.1 Å². The number of hydrogen-bond donors (Lipinski definition) is 1. The van der Waals surface area contributed by atoms with Crippen molar-refractivity contribution in [3.8, 4) is 11.4 Å². The molecule has 0 aliphatic carbocycles. The molecule has 1 N–H and O–H groups in total. The van der Waals surface area contributed by atoms with Crippen LogP contribution in [0.5, 0.6) is 5.75 Å². The van der Waals surface area contributed by atoms with Gasteiger partial charge in [0.2, 0.25) is 0 Å². The van der Waals surface area contributed by atoms with E-state index in [0.29, 0.717) is 13.2 Å². The summed E-state index contributed by atoms with van der Waals surface area (Å²) in [7, 11) is 0. The molecule has 3 aromatic carbocycles. The van der Waals surface area contributed by atoms with Crippen molar-refractivity contribution >= 4 is 23.5 Å². The highest BCUT2D eigenvalue weighted by molar-refractivity contribution is 7.98. The zero-order valence-electron chi connectivity index (χ0n) is 19.3. The number of aromatic nitrogens is 1. The molecule has 5 rings (SSSR count). The summed E-state index contributed by atoms with van der Waals surface area (Å²) in [6, 6.07) is 28.0. The summed E-state index contributed by atoms with van der Waals surface area (Å²) in [5.74, 6) is 0.823. The average Bonchev–Trinajstić information content (AvgIpc) is 3.29. The van der Waals surface area contributed by atoms with Crippen molar-refractivity contribution in [1.29, 1.82) is 0 Å². The normalized spacial score (nSPS) is 14.6. The third-order valence-electron chi connectivity index (χ3n) is 6.05. The Kier molecular flexibility index (Phi) is 6.32. The molecule has 4 aromatic rings. The van der Waals surface area contributed by atoms with Gasteiger partial charge in [-0.2, -0.15) is 0 Å². The molecule has 34 heavy (non-hydrogen) atoms. The molecule has 5 nitrogen and oxygen atoms in total. The molecule has 0 fully saturated rings. The van der Waals surface area contributed by atoms with E-state index < -0.39 is 0 Å². The minimum atomic E-state index is -0.262. The zero-order valence-corrected chi connectivity index (χ0v) is 20.1. The fourth-order valence-corrected chi connectivity index (χ4v) is 4.96. The zero-order chi connectivity index (χ0) is 23.5. The lowest BCUT2D eigenvalue weighted by molar-refractivity contribution is 0.194. The van der Waals surface area contributed by atoms with E-state index in [0.717, 1.165) is 38.8 Å². The Hall–Kier alpha value is -3.64. The fourth-order valence-electron chi connectivity index (χ4n) is 4.50. The van der Waals surface area contributed by atoms with Crippen LogP contribution in [0.2, 0.25) is 0 Å². The number of rotatable bonds is 5. The van der Waals surface area contributed by atoms with E-state index in [1.165, 1.54) is 0 Å². The van der Waals surface area contributed by atoms with Crippen molar-refractivity contribution in [2.24, 2.45) is 0 Å². The van der Waals surface area contributed by atoms with Gasteiger partial charge >= 0.3 is 6.03 Å². The largest absolute Gasteiger partial charge is 0.494 e. The van der Waals surface area contributed by atoms with Crippen LogP contribution in [0.3, 0.4) is 0 Å². The fraction of sp³-hybridized carbons (Fsp3) is 0.179. The monoisotopic (exact) mass is 469 g/mol. The number of urea groups is 1. The molecule has 1 aliphatic rings. The Morgan fingerprint density at radius 1 is 1.03 bits per heavy atom. The van der Waals surface area contributed by atoms with E-state index >= 15 is 0 Å². The van der Waals surface area contributed by atoms with Gasteiger partial charge in [-0.05, 0) is 72.8 Å². The molecule has 0 unspecified atom stereocenters. The number of nitrogens with one attached hydrogen (secondary N) is 1. The standard InChI is InChI=1S/C28H27N3O2S/c1-3-33-23-15-13-20(14-16-23)27-26-12-7-17-30(26)25-11-5-4-8-21(25)19-31(27)28(32)29-22-9-6-10-24(18-22)34-2/h4-18,27H,3,19H2,1-2H3,(H,29,32)/t27-/m0/s1. The highest BCUT2D eigenvalue weighted by Crippen LogP contribution is 2.37. The second kappa shape index (κ2) is 9.69. The molecular formula is C28H27N3O2S. The maximum absolute atomic E-state index is 13.8. The first-order valence-corrected chi connectivity index (χ1v) is 12.6. The summed E-state index contributed by atoms with van der Waals surface area (Å²) >= 11 is 1.65. The molecule has 1 atom stereocenters. The molecule has 0 saturated heterocycles. The van der Waals surface area contributed by atoms with Gasteiger partial charge in [-0.1, -0.05) is 36.4 Å². The first-order valence-electron chi connectivity index (χ1n) is 11.4. The number of fused-ring (bicyclic) bond motifs is 3. The maximum Gasteiger partial charge on any atom is 0.322 e. The molecule has 0 spiro atoms. The van der Waals surface area contributed by atoms with Crippen molar-refractivity contribution in [2.75, 3.05) is 18.2 Å². The maximum atomic E-state index is 13.8. The van der Waals surface area contributed by atoms with Gasteiger partial charge in [-0.25, -0.2) is 4.79 Å². The first kappa shape index (κ1) is 22.2. The van der Waals surface area contributed by atoms with Crippen LogP contribution in [-0.4, -0.2) is 28.4 Å². The molecule has 2 amide bonds. The summed E-state index contributed by atoms with van der Waals surface area (Å²) in [4.78, 5) is 16.8. The minimum absolute atomic E-state index is 0.137. The van der Waals surface area contributed by atoms with Crippen molar-refractivity contribution in [3.05, 3.63) is 108 Å². The van der Waals surface area contributed by atoms with Crippen molar-refractivity contribution in [3.63, 3.8) is 0 Å². The molecular weight excluding hydrogens is 442 g/mol.